The van der Waals surface area contributed by atoms with Crippen molar-refractivity contribution in [1.29, 1.82) is 0 Å². The molecular weight excluding hydrogens is 528 g/mol. The summed E-state index contributed by atoms with van der Waals surface area (Å²) in [6, 6.07) is 14.4. The summed E-state index contributed by atoms with van der Waals surface area (Å²) < 4.78 is 22.2. The molecule has 0 spiro atoms. The number of carbonyl (C=O) groups excluding carboxylic acids is 2. The normalized spacial score (nSPS) is 10.6. The molecule has 0 saturated carbocycles. The number of ether oxygens (including phenoxy) is 4. The molecule has 2 N–H and O–H groups in total. The molecule has 0 atom stereocenters. The van der Waals surface area contributed by atoms with Crippen LogP contribution in [0.2, 0.25) is 5.02 Å². The SMILES string of the molecule is COc1ccc(-n2nc(C(=O)NCC(=O)Nc3cc(Cl)c(OC)cc3OC)c3ccccc3c2=O)c(OC)c1. The molecule has 0 radical (unpaired) electrons. The maximum absolute atomic E-state index is 13.3. The van der Waals surface area contributed by atoms with E-state index in [4.69, 9.17) is 30.5 Å². The molecule has 1 heterocycles. The molecule has 11 nitrogen and oxygen atoms in total. The summed E-state index contributed by atoms with van der Waals surface area (Å²) in [4.78, 5) is 39.2. The van der Waals surface area contributed by atoms with Gasteiger partial charge >= 0.3 is 0 Å². The predicted molar refractivity (Wildman–Crippen MR) is 146 cm³/mol. The number of aromatic nitrogens is 2. The number of benzene rings is 3. The molecular formula is C27H25ClN4O7. The first-order valence-corrected chi connectivity index (χ1v) is 11.9. The number of nitrogens with zero attached hydrogens (tertiary/aromatic N) is 2. The highest BCUT2D eigenvalue weighted by atomic mass is 35.5. The number of amides is 2. The second kappa shape index (κ2) is 11.7. The monoisotopic (exact) mass is 552 g/mol. The largest absolute Gasteiger partial charge is 0.497 e. The highest BCUT2D eigenvalue weighted by molar-refractivity contribution is 6.32. The van der Waals surface area contributed by atoms with Gasteiger partial charge in [-0.3, -0.25) is 14.4 Å². The molecule has 0 saturated heterocycles. The summed E-state index contributed by atoms with van der Waals surface area (Å²) in [6.07, 6.45) is 0. The fourth-order valence-corrected chi connectivity index (χ4v) is 4.12. The Morgan fingerprint density at radius 3 is 2.23 bits per heavy atom. The van der Waals surface area contributed by atoms with Gasteiger partial charge in [0.15, 0.2) is 5.69 Å². The average molecular weight is 553 g/mol. The highest BCUT2D eigenvalue weighted by Gasteiger charge is 2.20. The number of nitrogens with one attached hydrogen (secondary N) is 2. The van der Waals surface area contributed by atoms with Crippen LogP contribution in [0.3, 0.4) is 0 Å². The second-order valence-electron chi connectivity index (χ2n) is 8.07. The number of hydrogen-bond acceptors (Lipinski definition) is 8. The maximum atomic E-state index is 13.3. The Balaban J connectivity index is 1.64. The maximum Gasteiger partial charge on any atom is 0.279 e. The van der Waals surface area contributed by atoms with Crippen molar-refractivity contribution in [2.75, 3.05) is 40.3 Å². The minimum absolute atomic E-state index is 0.0547. The first kappa shape index (κ1) is 27.3. The van der Waals surface area contributed by atoms with Gasteiger partial charge in [0, 0.05) is 17.5 Å². The van der Waals surface area contributed by atoms with E-state index < -0.39 is 23.9 Å². The van der Waals surface area contributed by atoms with Crippen molar-refractivity contribution in [3.05, 3.63) is 75.7 Å². The third-order valence-corrected chi connectivity index (χ3v) is 6.09. The minimum atomic E-state index is -0.665. The van der Waals surface area contributed by atoms with Crippen LogP contribution < -0.4 is 35.1 Å². The predicted octanol–water partition coefficient (Wildman–Crippen LogP) is 3.44. The average Bonchev–Trinajstić information content (AvgIpc) is 2.96. The van der Waals surface area contributed by atoms with Gasteiger partial charge in [-0.2, -0.15) is 9.78 Å². The van der Waals surface area contributed by atoms with Crippen LogP contribution >= 0.6 is 11.6 Å². The first-order chi connectivity index (χ1) is 18.8. The van der Waals surface area contributed by atoms with E-state index in [9.17, 15) is 14.4 Å². The van der Waals surface area contributed by atoms with Gasteiger partial charge in [0.05, 0.1) is 51.1 Å². The number of halogens is 1. The Labute approximate surface area is 228 Å². The number of methoxy groups -OCH3 is 4. The molecule has 3 aromatic carbocycles. The quantitative estimate of drug-likeness (QED) is 0.323. The lowest BCUT2D eigenvalue weighted by Crippen LogP contribution is -2.35. The zero-order valence-corrected chi connectivity index (χ0v) is 22.3. The molecule has 12 heteroatoms. The lowest BCUT2D eigenvalue weighted by molar-refractivity contribution is -0.115. The van der Waals surface area contributed by atoms with E-state index in [1.165, 1.54) is 40.6 Å². The first-order valence-electron chi connectivity index (χ1n) is 11.5. The molecule has 0 fully saturated rings. The van der Waals surface area contributed by atoms with Crippen LogP contribution in [0.25, 0.3) is 16.5 Å². The Kier molecular flexibility index (Phi) is 8.21. The number of fused-ring (bicyclic) bond motifs is 1. The summed E-state index contributed by atoms with van der Waals surface area (Å²) in [5.41, 5.74) is 0.100. The fraction of sp³-hybridized carbons (Fsp3) is 0.185. The lowest BCUT2D eigenvalue weighted by Gasteiger charge is -2.15. The van der Waals surface area contributed by atoms with Crippen LogP contribution in [-0.2, 0) is 4.79 Å². The summed E-state index contributed by atoms with van der Waals surface area (Å²) >= 11 is 6.17. The van der Waals surface area contributed by atoms with Crippen molar-refractivity contribution in [2.24, 2.45) is 0 Å². The van der Waals surface area contributed by atoms with Gasteiger partial charge in [-0.1, -0.05) is 29.8 Å². The molecule has 0 aliphatic heterocycles. The third kappa shape index (κ3) is 5.58. The molecule has 4 rings (SSSR count). The zero-order chi connectivity index (χ0) is 28.1. The van der Waals surface area contributed by atoms with E-state index in [0.29, 0.717) is 39.8 Å². The van der Waals surface area contributed by atoms with Gasteiger partial charge in [-0.25, -0.2) is 0 Å². The number of rotatable bonds is 9. The van der Waals surface area contributed by atoms with Gasteiger partial charge < -0.3 is 29.6 Å². The van der Waals surface area contributed by atoms with E-state index >= 15 is 0 Å². The van der Waals surface area contributed by atoms with Crippen LogP contribution in [0, 0.1) is 0 Å². The molecule has 0 aliphatic rings. The smallest absolute Gasteiger partial charge is 0.279 e. The molecule has 0 aliphatic carbocycles. The van der Waals surface area contributed by atoms with Gasteiger partial charge in [0.1, 0.15) is 28.7 Å². The summed E-state index contributed by atoms with van der Waals surface area (Å²) in [5, 5.41) is 10.4. The summed E-state index contributed by atoms with van der Waals surface area (Å²) in [6.45, 7) is -0.396. The van der Waals surface area contributed by atoms with E-state index in [1.54, 1.807) is 42.5 Å². The molecule has 4 aromatic rings. The second-order valence-corrected chi connectivity index (χ2v) is 8.47. The Hall–Kier alpha value is -4.77. The van der Waals surface area contributed by atoms with Crippen molar-refractivity contribution < 1.29 is 28.5 Å². The highest BCUT2D eigenvalue weighted by Crippen LogP contribution is 2.35. The van der Waals surface area contributed by atoms with Crippen LogP contribution in [-0.4, -0.2) is 56.6 Å². The Morgan fingerprint density at radius 2 is 1.56 bits per heavy atom. The van der Waals surface area contributed by atoms with Crippen LogP contribution in [0.1, 0.15) is 10.5 Å². The van der Waals surface area contributed by atoms with Gasteiger partial charge in [0.25, 0.3) is 11.5 Å². The van der Waals surface area contributed by atoms with Crippen molar-refractivity contribution >= 4 is 39.9 Å². The lowest BCUT2D eigenvalue weighted by atomic mass is 10.1. The van der Waals surface area contributed by atoms with Crippen LogP contribution in [0.15, 0.2) is 59.4 Å². The Morgan fingerprint density at radius 1 is 0.872 bits per heavy atom. The van der Waals surface area contributed by atoms with Crippen molar-refractivity contribution in [3.8, 4) is 28.7 Å². The van der Waals surface area contributed by atoms with Crippen LogP contribution in [0.5, 0.6) is 23.0 Å². The van der Waals surface area contributed by atoms with Gasteiger partial charge in [0.2, 0.25) is 5.91 Å². The molecule has 39 heavy (non-hydrogen) atoms. The molecule has 202 valence electrons. The number of hydrogen-bond donors (Lipinski definition) is 2. The topological polar surface area (TPSA) is 130 Å². The zero-order valence-electron chi connectivity index (χ0n) is 21.5. The number of carbonyl (C=O) groups is 2. The van der Waals surface area contributed by atoms with E-state index in [0.717, 1.165) is 4.68 Å². The molecule has 0 bridgehead atoms. The van der Waals surface area contributed by atoms with Gasteiger partial charge in [-0.15, -0.1) is 0 Å². The standard InChI is InChI=1S/C27H25ClN4O7/c1-36-15-9-10-20(23(11-15)39-4)32-27(35)17-8-6-5-7-16(17)25(31-32)26(34)29-14-24(33)30-19-12-18(28)21(37-2)13-22(19)38-3/h5-13H,14H2,1-4H3,(H,29,34)(H,30,33). The molecule has 0 unspecified atom stereocenters. The van der Waals surface area contributed by atoms with Crippen LogP contribution in [0.4, 0.5) is 5.69 Å². The van der Waals surface area contributed by atoms with E-state index in [2.05, 4.69) is 15.7 Å². The van der Waals surface area contributed by atoms with Crippen molar-refractivity contribution in [1.82, 2.24) is 15.1 Å². The van der Waals surface area contributed by atoms with Gasteiger partial charge in [-0.05, 0) is 24.3 Å². The fourth-order valence-electron chi connectivity index (χ4n) is 3.88. The van der Waals surface area contributed by atoms with Crippen molar-refractivity contribution in [2.45, 2.75) is 0 Å². The summed E-state index contributed by atoms with van der Waals surface area (Å²) in [7, 11) is 5.85. The summed E-state index contributed by atoms with van der Waals surface area (Å²) in [5.74, 6) is 0.324. The molecule has 1 aromatic heterocycles. The van der Waals surface area contributed by atoms with E-state index in [1.807, 2.05) is 0 Å². The number of anilines is 1. The Bertz CT molecular complexity index is 1620. The third-order valence-electron chi connectivity index (χ3n) is 5.79. The molecule has 2 amide bonds. The van der Waals surface area contributed by atoms with E-state index in [-0.39, 0.29) is 16.1 Å². The minimum Gasteiger partial charge on any atom is -0.497 e. The van der Waals surface area contributed by atoms with Crippen molar-refractivity contribution in [3.63, 3.8) is 0 Å².